The normalized spacial score (nSPS) is 18.5. The predicted molar refractivity (Wildman–Crippen MR) is 96.4 cm³/mol. The molecule has 1 saturated heterocycles. The van der Waals surface area contributed by atoms with Crippen molar-refractivity contribution in [2.24, 2.45) is 4.99 Å². The summed E-state index contributed by atoms with van der Waals surface area (Å²) >= 11 is 0. The molecule has 0 bridgehead atoms. The minimum atomic E-state index is 0.371. The Labute approximate surface area is 143 Å². The second kappa shape index (κ2) is 8.38. The molecule has 128 valence electrons. The van der Waals surface area contributed by atoms with Crippen LogP contribution >= 0.6 is 0 Å². The summed E-state index contributed by atoms with van der Waals surface area (Å²) < 4.78 is 5.35. The third-order valence-corrected chi connectivity index (χ3v) is 4.20. The molecule has 3 heterocycles. The van der Waals surface area contributed by atoms with Gasteiger partial charge in [0.2, 0.25) is 0 Å². The lowest BCUT2D eigenvalue weighted by molar-refractivity contribution is 0.464. The van der Waals surface area contributed by atoms with E-state index in [1.165, 1.54) is 0 Å². The number of guanidine groups is 1. The molecule has 1 aliphatic rings. The van der Waals surface area contributed by atoms with Gasteiger partial charge in [-0.15, -0.1) is 0 Å². The van der Waals surface area contributed by atoms with Crippen LogP contribution in [0.25, 0.3) is 0 Å². The third kappa shape index (κ3) is 4.50. The summed E-state index contributed by atoms with van der Waals surface area (Å²) in [7, 11) is 1.81. The summed E-state index contributed by atoms with van der Waals surface area (Å²) in [4.78, 5) is 11.1. The molecule has 3 rings (SSSR count). The highest BCUT2D eigenvalue weighted by molar-refractivity contribution is 5.80. The lowest BCUT2D eigenvalue weighted by Crippen LogP contribution is -2.51. The number of aliphatic imine (C=N–C) groups is 1. The Balaban J connectivity index is 1.48. The Morgan fingerprint density at radius 1 is 1.38 bits per heavy atom. The standard InChI is InChI=1S/C18H25N5O/c1-19-18(21-11-9-16-7-5-13-24-16)22-15-6-4-12-23(14-15)17-8-2-3-10-20-17/h2-3,5,7-8,10,13,15H,4,6,9,11-12,14H2,1H3,(H2,19,21,22). The SMILES string of the molecule is CN=C(NCCc1ccco1)NC1CCCN(c2ccccn2)C1. The number of piperidine rings is 1. The van der Waals surface area contributed by atoms with Gasteiger partial charge in [-0.25, -0.2) is 4.98 Å². The predicted octanol–water partition coefficient (Wildman–Crippen LogP) is 2.05. The van der Waals surface area contributed by atoms with Crippen molar-refractivity contribution in [1.29, 1.82) is 0 Å². The summed E-state index contributed by atoms with van der Waals surface area (Å²) in [6.45, 7) is 2.79. The zero-order valence-electron chi connectivity index (χ0n) is 14.1. The van der Waals surface area contributed by atoms with E-state index in [4.69, 9.17) is 4.42 Å². The van der Waals surface area contributed by atoms with Gasteiger partial charge in [0, 0.05) is 45.3 Å². The van der Waals surface area contributed by atoms with Gasteiger partial charge in [-0.2, -0.15) is 0 Å². The number of furan rings is 1. The minimum absolute atomic E-state index is 0.371. The molecule has 2 N–H and O–H groups in total. The van der Waals surface area contributed by atoms with Crippen LogP contribution in [0.1, 0.15) is 18.6 Å². The highest BCUT2D eigenvalue weighted by Gasteiger charge is 2.21. The number of rotatable bonds is 5. The van der Waals surface area contributed by atoms with E-state index in [2.05, 4.69) is 31.6 Å². The van der Waals surface area contributed by atoms with E-state index in [1.54, 1.807) is 6.26 Å². The number of nitrogens with one attached hydrogen (secondary N) is 2. The van der Waals surface area contributed by atoms with E-state index >= 15 is 0 Å². The molecule has 24 heavy (non-hydrogen) atoms. The van der Waals surface area contributed by atoms with E-state index in [9.17, 15) is 0 Å². The second-order valence-electron chi connectivity index (χ2n) is 5.95. The van der Waals surface area contributed by atoms with Crippen molar-refractivity contribution in [2.45, 2.75) is 25.3 Å². The molecule has 2 aromatic heterocycles. The molecule has 1 fully saturated rings. The number of aromatic nitrogens is 1. The summed E-state index contributed by atoms with van der Waals surface area (Å²) in [5, 5.41) is 6.88. The highest BCUT2D eigenvalue weighted by Crippen LogP contribution is 2.17. The molecule has 6 heteroatoms. The summed E-state index contributed by atoms with van der Waals surface area (Å²) in [6.07, 6.45) is 6.69. The summed E-state index contributed by atoms with van der Waals surface area (Å²) in [5.74, 6) is 2.87. The zero-order valence-corrected chi connectivity index (χ0v) is 14.1. The van der Waals surface area contributed by atoms with Gasteiger partial charge < -0.3 is 20.0 Å². The lowest BCUT2D eigenvalue weighted by Gasteiger charge is -2.34. The van der Waals surface area contributed by atoms with Crippen molar-refractivity contribution in [3.8, 4) is 0 Å². The summed E-state index contributed by atoms with van der Waals surface area (Å²) in [6, 6.07) is 10.3. The van der Waals surface area contributed by atoms with Crippen LogP contribution in [-0.4, -0.2) is 43.7 Å². The van der Waals surface area contributed by atoms with E-state index < -0.39 is 0 Å². The number of hydrogen-bond donors (Lipinski definition) is 2. The van der Waals surface area contributed by atoms with Gasteiger partial charge in [0.1, 0.15) is 11.6 Å². The molecule has 1 aliphatic heterocycles. The molecular formula is C18H25N5O. The Morgan fingerprint density at radius 2 is 2.33 bits per heavy atom. The minimum Gasteiger partial charge on any atom is -0.469 e. The molecule has 0 aromatic carbocycles. The van der Waals surface area contributed by atoms with Crippen LogP contribution in [0.5, 0.6) is 0 Å². The van der Waals surface area contributed by atoms with Gasteiger partial charge in [-0.05, 0) is 37.1 Å². The molecule has 2 aromatic rings. The van der Waals surface area contributed by atoms with Gasteiger partial charge in [0.05, 0.1) is 6.26 Å². The van der Waals surface area contributed by atoms with Crippen molar-refractivity contribution >= 4 is 11.8 Å². The van der Waals surface area contributed by atoms with Crippen LogP contribution in [0, 0.1) is 0 Å². The molecule has 0 saturated carbocycles. The maximum Gasteiger partial charge on any atom is 0.191 e. The molecule has 6 nitrogen and oxygen atoms in total. The average molecular weight is 327 g/mol. The topological polar surface area (TPSA) is 65.7 Å². The van der Waals surface area contributed by atoms with Gasteiger partial charge in [-0.1, -0.05) is 6.07 Å². The van der Waals surface area contributed by atoms with Gasteiger partial charge in [-0.3, -0.25) is 4.99 Å². The van der Waals surface area contributed by atoms with Gasteiger partial charge in [0.15, 0.2) is 5.96 Å². The van der Waals surface area contributed by atoms with Crippen molar-refractivity contribution in [1.82, 2.24) is 15.6 Å². The fourth-order valence-electron chi connectivity index (χ4n) is 2.99. The molecule has 0 aliphatic carbocycles. The largest absolute Gasteiger partial charge is 0.469 e. The fourth-order valence-corrected chi connectivity index (χ4v) is 2.99. The second-order valence-corrected chi connectivity index (χ2v) is 5.95. The smallest absolute Gasteiger partial charge is 0.191 e. The first-order valence-electron chi connectivity index (χ1n) is 8.50. The Hall–Kier alpha value is -2.50. The van der Waals surface area contributed by atoms with E-state index in [1.807, 2.05) is 37.5 Å². The first-order valence-corrected chi connectivity index (χ1v) is 8.50. The monoisotopic (exact) mass is 327 g/mol. The lowest BCUT2D eigenvalue weighted by atomic mass is 10.1. The number of pyridine rings is 1. The Bertz CT molecular complexity index is 626. The molecule has 0 amide bonds. The van der Waals surface area contributed by atoms with E-state index in [0.29, 0.717) is 6.04 Å². The van der Waals surface area contributed by atoms with Crippen LogP contribution in [0.4, 0.5) is 5.82 Å². The van der Waals surface area contributed by atoms with E-state index in [0.717, 1.165) is 56.4 Å². The maximum atomic E-state index is 5.35. The van der Waals surface area contributed by atoms with Crippen LogP contribution in [0.15, 0.2) is 52.2 Å². The quantitative estimate of drug-likeness (QED) is 0.650. The third-order valence-electron chi connectivity index (χ3n) is 4.20. The van der Waals surface area contributed by atoms with E-state index in [-0.39, 0.29) is 0 Å². The summed E-state index contributed by atoms with van der Waals surface area (Å²) in [5.41, 5.74) is 0. The van der Waals surface area contributed by atoms with Crippen LogP contribution in [-0.2, 0) is 6.42 Å². The molecule has 0 radical (unpaired) electrons. The van der Waals surface area contributed by atoms with Crippen LogP contribution in [0.3, 0.4) is 0 Å². The molecule has 1 atom stereocenters. The van der Waals surface area contributed by atoms with Gasteiger partial charge >= 0.3 is 0 Å². The zero-order chi connectivity index (χ0) is 16.6. The van der Waals surface area contributed by atoms with Crippen LogP contribution < -0.4 is 15.5 Å². The first kappa shape index (κ1) is 16.4. The Morgan fingerprint density at radius 3 is 3.08 bits per heavy atom. The first-order chi connectivity index (χ1) is 11.8. The van der Waals surface area contributed by atoms with Crippen molar-refractivity contribution < 1.29 is 4.42 Å². The highest BCUT2D eigenvalue weighted by atomic mass is 16.3. The Kier molecular flexibility index (Phi) is 5.71. The average Bonchev–Trinajstić information content (AvgIpc) is 3.15. The molecule has 0 spiro atoms. The van der Waals surface area contributed by atoms with Crippen LogP contribution in [0.2, 0.25) is 0 Å². The fraction of sp³-hybridized carbons (Fsp3) is 0.444. The maximum absolute atomic E-state index is 5.35. The number of hydrogen-bond acceptors (Lipinski definition) is 4. The van der Waals surface area contributed by atoms with Crippen molar-refractivity contribution in [2.75, 3.05) is 31.6 Å². The van der Waals surface area contributed by atoms with Gasteiger partial charge in [0.25, 0.3) is 0 Å². The molecular weight excluding hydrogens is 302 g/mol. The number of anilines is 1. The number of nitrogens with zero attached hydrogens (tertiary/aromatic N) is 3. The van der Waals surface area contributed by atoms with Crippen molar-refractivity contribution in [3.63, 3.8) is 0 Å². The molecule has 1 unspecified atom stereocenters. The van der Waals surface area contributed by atoms with Crippen molar-refractivity contribution in [3.05, 3.63) is 48.6 Å².